The zero-order valence-electron chi connectivity index (χ0n) is 12.2. The van der Waals surface area contributed by atoms with Crippen molar-refractivity contribution >= 4 is 16.0 Å². The summed E-state index contributed by atoms with van der Waals surface area (Å²) in [5.74, 6) is -0.743. The molecule has 0 aliphatic carbocycles. The number of fused-ring (bicyclic) bond motifs is 1. The smallest absolute Gasteiger partial charge is 0.307 e. The van der Waals surface area contributed by atoms with E-state index in [-0.39, 0.29) is 17.5 Å². The first kappa shape index (κ1) is 16.0. The lowest BCUT2D eigenvalue weighted by molar-refractivity contribution is -0.142. The van der Waals surface area contributed by atoms with Gasteiger partial charge >= 0.3 is 5.97 Å². The van der Waals surface area contributed by atoms with Crippen LogP contribution in [0.5, 0.6) is 0 Å². The third kappa shape index (κ3) is 3.62. The number of hydrogen-bond acceptors (Lipinski definition) is 4. The van der Waals surface area contributed by atoms with Gasteiger partial charge in [0.25, 0.3) is 10.0 Å². The van der Waals surface area contributed by atoms with Gasteiger partial charge in [0.1, 0.15) is 5.82 Å². The normalized spacial score (nSPS) is 16.1. The Kier molecular flexibility index (Phi) is 4.67. The maximum atomic E-state index is 12.3. The third-order valence-corrected chi connectivity index (χ3v) is 5.01. The topological polar surface area (TPSA) is 101 Å². The van der Waals surface area contributed by atoms with Crippen molar-refractivity contribution in [1.82, 2.24) is 14.3 Å². The highest BCUT2D eigenvalue weighted by atomic mass is 32.2. The number of nitrogens with one attached hydrogen (secondary N) is 1. The summed E-state index contributed by atoms with van der Waals surface area (Å²) in [6.07, 6.45) is 3.44. The van der Waals surface area contributed by atoms with Gasteiger partial charge in [-0.3, -0.25) is 4.79 Å². The van der Waals surface area contributed by atoms with Gasteiger partial charge in [-0.05, 0) is 18.8 Å². The molecule has 0 aromatic carbocycles. The predicted octanol–water partition coefficient (Wildman–Crippen LogP) is 0.855. The molecule has 0 fully saturated rings. The summed E-state index contributed by atoms with van der Waals surface area (Å²) >= 11 is 0. The van der Waals surface area contributed by atoms with E-state index in [4.69, 9.17) is 5.11 Å². The highest BCUT2D eigenvalue weighted by Crippen LogP contribution is 2.20. The van der Waals surface area contributed by atoms with Crippen LogP contribution in [0, 0.1) is 11.8 Å². The van der Waals surface area contributed by atoms with Gasteiger partial charge in [-0.2, -0.15) is 0 Å². The number of carbonyl (C=O) groups is 1. The van der Waals surface area contributed by atoms with Crippen molar-refractivity contribution in [2.24, 2.45) is 11.8 Å². The van der Waals surface area contributed by atoms with E-state index in [2.05, 4.69) is 9.71 Å². The van der Waals surface area contributed by atoms with Crippen LogP contribution in [0.3, 0.4) is 0 Å². The monoisotopic (exact) mass is 315 g/mol. The van der Waals surface area contributed by atoms with E-state index in [1.165, 1.54) is 6.20 Å². The molecule has 1 aromatic rings. The molecule has 0 spiro atoms. The first-order valence-corrected chi connectivity index (χ1v) is 8.56. The van der Waals surface area contributed by atoms with Crippen LogP contribution in [0.25, 0.3) is 0 Å². The maximum Gasteiger partial charge on any atom is 0.307 e. The van der Waals surface area contributed by atoms with Gasteiger partial charge in [-0.25, -0.2) is 18.1 Å². The number of aryl methyl sites for hydroxylation is 1. The van der Waals surface area contributed by atoms with Gasteiger partial charge in [-0.15, -0.1) is 0 Å². The molecule has 1 unspecified atom stereocenters. The Balaban J connectivity index is 2.08. The van der Waals surface area contributed by atoms with Crippen LogP contribution in [-0.2, 0) is 27.8 Å². The zero-order valence-corrected chi connectivity index (χ0v) is 13.1. The Bertz CT molecular complexity index is 621. The van der Waals surface area contributed by atoms with Gasteiger partial charge in [0.05, 0.1) is 12.1 Å². The molecule has 1 atom stereocenters. The van der Waals surface area contributed by atoms with Crippen LogP contribution >= 0.6 is 0 Å². The van der Waals surface area contributed by atoms with Gasteiger partial charge < -0.3 is 9.67 Å². The largest absolute Gasteiger partial charge is 0.481 e. The second kappa shape index (κ2) is 6.15. The van der Waals surface area contributed by atoms with E-state index in [0.29, 0.717) is 13.0 Å². The highest BCUT2D eigenvalue weighted by Gasteiger charge is 2.27. The molecule has 2 rings (SSSR count). The van der Waals surface area contributed by atoms with Crippen molar-refractivity contribution in [3.8, 4) is 0 Å². The average Bonchev–Trinajstić information content (AvgIpc) is 2.95. The minimum absolute atomic E-state index is 0.101. The van der Waals surface area contributed by atoms with E-state index in [1.807, 2.05) is 13.8 Å². The molecule has 0 saturated carbocycles. The zero-order chi connectivity index (χ0) is 15.6. The fraction of sp³-hybridized carbons (Fsp3) is 0.692. The molecule has 21 heavy (non-hydrogen) atoms. The first-order valence-electron chi connectivity index (χ1n) is 7.08. The number of carboxylic acids is 1. The Morgan fingerprint density at radius 2 is 2.24 bits per heavy atom. The van der Waals surface area contributed by atoms with Crippen LogP contribution in [0.2, 0.25) is 0 Å². The molecule has 1 aromatic heterocycles. The summed E-state index contributed by atoms with van der Waals surface area (Å²) in [4.78, 5) is 15.3. The second-order valence-electron chi connectivity index (χ2n) is 5.78. The van der Waals surface area contributed by atoms with E-state index in [0.717, 1.165) is 18.7 Å². The van der Waals surface area contributed by atoms with Gasteiger partial charge in [0.2, 0.25) is 0 Å². The van der Waals surface area contributed by atoms with Crippen LogP contribution in [0.4, 0.5) is 0 Å². The first-order chi connectivity index (χ1) is 9.81. The number of sulfonamides is 1. The molecule has 2 N–H and O–H groups in total. The van der Waals surface area contributed by atoms with E-state index >= 15 is 0 Å². The summed E-state index contributed by atoms with van der Waals surface area (Å²) in [5, 5.41) is 9.28. The lowest BCUT2D eigenvalue weighted by atomic mass is 9.98. The van der Waals surface area contributed by atoms with Crippen LogP contribution < -0.4 is 4.72 Å². The Morgan fingerprint density at radius 3 is 2.86 bits per heavy atom. The minimum Gasteiger partial charge on any atom is -0.481 e. The number of imidazole rings is 1. The van der Waals surface area contributed by atoms with Crippen molar-refractivity contribution in [1.29, 1.82) is 0 Å². The Labute approximate surface area is 124 Å². The van der Waals surface area contributed by atoms with E-state index < -0.39 is 21.9 Å². The van der Waals surface area contributed by atoms with Crippen molar-refractivity contribution in [2.75, 3.05) is 6.54 Å². The number of nitrogens with zero attached hydrogens (tertiary/aromatic N) is 2. The van der Waals surface area contributed by atoms with Crippen LogP contribution in [0.1, 0.15) is 32.5 Å². The minimum atomic E-state index is -3.72. The number of aliphatic carboxylic acids is 1. The Morgan fingerprint density at radius 1 is 1.52 bits per heavy atom. The van der Waals surface area contributed by atoms with E-state index in [9.17, 15) is 13.2 Å². The predicted molar refractivity (Wildman–Crippen MR) is 76.3 cm³/mol. The summed E-state index contributed by atoms with van der Waals surface area (Å²) in [5.41, 5.74) is 0. The van der Waals surface area contributed by atoms with Crippen LogP contribution in [0.15, 0.2) is 11.2 Å². The van der Waals surface area contributed by atoms with Crippen molar-refractivity contribution in [2.45, 2.75) is 44.7 Å². The number of rotatable bonds is 7. The quantitative estimate of drug-likeness (QED) is 0.777. The maximum absolute atomic E-state index is 12.3. The molecular formula is C13H21N3O4S. The molecular weight excluding hydrogens is 294 g/mol. The van der Waals surface area contributed by atoms with Crippen molar-refractivity contribution in [3.63, 3.8) is 0 Å². The molecule has 8 heteroatoms. The lowest BCUT2D eigenvalue weighted by Crippen LogP contribution is -2.34. The Hall–Kier alpha value is -1.41. The molecule has 2 heterocycles. The van der Waals surface area contributed by atoms with Gasteiger partial charge in [0, 0.05) is 19.5 Å². The molecule has 1 aliphatic heterocycles. The molecule has 0 amide bonds. The second-order valence-corrected chi connectivity index (χ2v) is 7.50. The van der Waals surface area contributed by atoms with E-state index in [1.54, 1.807) is 4.57 Å². The number of carboxylic acid groups (broad SMARTS) is 1. The third-order valence-electron chi connectivity index (χ3n) is 3.58. The van der Waals surface area contributed by atoms with Crippen molar-refractivity contribution < 1.29 is 18.3 Å². The van der Waals surface area contributed by atoms with Gasteiger partial charge in [-0.1, -0.05) is 13.8 Å². The molecule has 0 radical (unpaired) electrons. The molecule has 0 bridgehead atoms. The molecule has 1 aliphatic rings. The van der Waals surface area contributed by atoms with Crippen molar-refractivity contribution in [3.05, 3.63) is 12.0 Å². The standard InChI is InChI=1S/C13H21N3O4S/c1-9(2)6-10(13(17)18)7-15-21(19,20)12-8-14-11-4-3-5-16(11)12/h8-10,15H,3-7H2,1-2H3,(H,17,18). The highest BCUT2D eigenvalue weighted by molar-refractivity contribution is 7.89. The fourth-order valence-corrected chi connectivity index (χ4v) is 3.82. The summed E-state index contributed by atoms with van der Waals surface area (Å²) in [7, 11) is -3.72. The fourth-order valence-electron chi connectivity index (χ4n) is 2.57. The SMILES string of the molecule is CC(C)CC(CNS(=O)(=O)c1cnc2n1CCC2)C(=O)O. The molecule has 0 saturated heterocycles. The number of hydrogen-bond donors (Lipinski definition) is 2. The molecule has 7 nitrogen and oxygen atoms in total. The number of aromatic nitrogens is 2. The average molecular weight is 315 g/mol. The summed E-state index contributed by atoms with van der Waals surface area (Å²) in [6.45, 7) is 4.36. The summed E-state index contributed by atoms with van der Waals surface area (Å²) < 4.78 is 28.7. The molecule has 118 valence electrons. The lowest BCUT2D eigenvalue weighted by Gasteiger charge is -2.15. The van der Waals surface area contributed by atoms with Crippen LogP contribution in [-0.4, -0.2) is 35.6 Å². The van der Waals surface area contributed by atoms with Gasteiger partial charge in [0.15, 0.2) is 5.03 Å². The summed E-state index contributed by atoms with van der Waals surface area (Å²) in [6, 6.07) is 0.